The van der Waals surface area contributed by atoms with E-state index in [9.17, 15) is 18.7 Å². The molecule has 6 heteroatoms. The maximum Gasteiger partial charge on any atom is 0.233 e. The third-order valence-electron chi connectivity index (χ3n) is 5.80. The highest BCUT2D eigenvalue weighted by Gasteiger charge is 2.52. The summed E-state index contributed by atoms with van der Waals surface area (Å²) >= 11 is 0. The van der Waals surface area contributed by atoms with E-state index in [0.29, 0.717) is 17.7 Å². The number of benzene rings is 3. The molecule has 1 amide bonds. The monoisotopic (exact) mass is 418 g/mol. The highest BCUT2D eigenvalue weighted by atomic mass is 19.1. The van der Waals surface area contributed by atoms with Crippen molar-refractivity contribution in [3.63, 3.8) is 0 Å². The highest BCUT2D eigenvalue weighted by molar-refractivity contribution is 6.04. The van der Waals surface area contributed by atoms with Crippen molar-refractivity contribution in [3.05, 3.63) is 101 Å². The molecule has 4 rings (SSSR count). The van der Waals surface area contributed by atoms with Crippen LogP contribution in [0.5, 0.6) is 0 Å². The second-order valence-corrected chi connectivity index (χ2v) is 7.56. The number of nitriles is 1. The molecule has 156 valence electrons. The summed E-state index contributed by atoms with van der Waals surface area (Å²) in [6.45, 7) is -0.126. The highest BCUT2D eigenvalue weighted by Crippen LogP contribution is 2.50. The first-order chi connectivity index (χ1) is 15.0. The van der Waals surface area contributed by atoms with Crippen molar-refractivity contribution in [2.75, 3.05) is 11.5 Å². The normalized spacial score (nSPS) is 18.9. The molecule has 4 nitrogen and oxygen atoms in total. The Bertz CT molecular complexity index is 1110. The van der Waals surface area contributed by atoms with Crippen LogP contribution in [0.3, 0.4) is 0 Å². The van der Waals surface area contributed by atoms with Gasteiger partial charge in [-0.25, -0.2) is 8.78 Å². The van der Waals surface area contributed by atoms with E-state index in [1.807, 2.05) is 0 Å². The minimum atomic E-state index is -0.501. The molecule has 0 aliphatic carbocycles. The SMILES string of the molecule is N#Cc1ccc(N2C(=O)C(C(CCO)c3ccc(F)cc3)C2c2ccc(F)cc2)cc1. The Kier molecular flexibility index (Phi) is 5.79. The molecule has 1 fully saturated rings. The van der Waals surface area contributed by atoms with Crippen molar-refractivity contribution in [1.82, 2.24) is 0 Å². The predicted octanol–water partition coefficient (Wildman–Crippen LogP) is 4.71. The van der Waals surface area contributed by atoms with Crippen molar-refractivity contribution in [1.29, 1.82) is 5.26 Å². The zero-order chi connectivity index (χ0) is 22.0. The Morgan fingerprint density at radius 1 is 0.935 bits per heavy atom. The molecular formula is C25H20F2N2O2. The first-order valence-corrected chi connectivity index (χ1v) is 9.98. The van der Waals surface area contributed by atoms with E-state index in [0.717, 1.165) is 11.1 Å². The van der Waals surface area contributed by atoms with Crippen molar-refractivity contribution in [2.24, 2.45) is 5.92 Å². The molecule has 3 aromatic carbocycles. The molecular weight excluding hydrogens is 398 g/mol. The molecule has 0 radical (unpaired) electrons. The lowest BCUT2D eigenvalue weighted by Crippen LogP contribution is -2.57. The summed E-state index contributed by atoms with van der Waals surface area (Å²) in [4.78, 5) is 15.0. The van der Waals surface area contributed by atoms with E-state index in [1.165, 1.54) is 24.3 Å². The average Bonchev–Trinajstić information content (AvgIpc) is 2.79. The minimum absolute atomic E-state index is 0.126. The van der Waals surface area contributed by atoms with Gasteiger partial charge in [0.25, 0.3) is 0 Å². The molecule has 3 atom stereocenters. The Hall–Kier alpha value is -3.56. The van der Waals surface area contributed by atoms with Crippen LogP contribution in [0, 0.1) is 28.9 Å². The first kappa shape index (κ1) is 20.7. The third-order valence-corrected chi connectivity index (χ3v) is 5.80. The lowest BCUT2D eigenvalue weighted by Gasteiger charge is -2.50. The molecule has 1 saturated heterocycles. The van der Waals surface area contributed by atoms with Gasteiger partial charge in [0.15, 0.2) is 0 Å². The quantitative estimate of drug-likeness (QED) is 0.590. The van der Waals surface area contributed by atoms with Crippen molar-refractivity contribution in [3.8, 4) is 6.07 Å². The molecule has 3 aromatic rings. The van der Waals surface area contributed by atoms with Crippen LogP contribution in [0.1, 0.15) is 35.1 Å². The second-order valence-electron chi connectivity index (χ2n) is 7.56. The smallest absolute Gasteiger partial charge is 0.233 e. The van der Waals surface area contributed by atoms with Crippen LogP contribution in [-0.2, 0) is 4.79 Å². The van der Waals surface area contributed by atoms with E-state index < -0.39 is 5.92 Å². The molecule has 1 aliphatic heterocycles. The molecule has 0 aromatic heterocycles. The minimum Gasteiger partial charge on any atom is -0.396 e. The summed E-state index contributed by atoms with van der Waals surface area (Å²) < 4.78 is 27.0. The van der Waals surface area contributed by atoms with Gasteiger partial charge in [-0.3, -0.25) is 4.79 Å². The summed E-state index contributed by atoms with van der Waals surface area (Å²) in [7, 11) is 0. The topological polar surface area (TPSA) is 64.3 Å². The molecule has 1 heterocycles. The van der Waals surface area contributed by atoms with E-state index >= 15 is 0 Å². The van der Waals surface area contributed by atoms with Gasteiger partial charge in [0.2, 0.25) is 5.91 Å². The average molecular weight is 418 g/mol. The lowest BCUT2D eigenvalue weighted by molar-refractivity contribution is -0.131. The van der Waals surface area contributed by atoms with Crippen LogP contribution in [0.2, 0.25) is 0 Å². The Morgan fingerprint density at radius 3 is 2.06 bits per heavy atom. The van der Waals surface area contributed by atoms with Gasteiger partial charge in [0, 0.05) is 18.2 Å². The van der Waals surface area contributed by atoms with Crippen LogP contribution in [-0.4, -0.2) is 17.6 Å². The number of hydrogen-bond donors (Lipinski definition) is 1. The number of nitrogens with zero attached hydrogens (tertiary/aromatic N) is 2. The number of carbonyl (C=O) groups is 1. The number of carbonyl (C=O) groups excluding carboxylic acids is 1. The molecule has 1 N–H and O–H groups in total. The number of anilines is 1. The van der Waals surface area contributed by atoms with E-state index in [-0.39, 0.29) is 36.1 Å². The van der Waals surface area contributed by atoms with Gasteiger partial charge >= 0.3 is 0 Å². The van der Waals surface area contributed by atoms with Crippen LogP contribution in [0.25, 0.3) is 0 Å². The fourth-order valence-electron chi connectivity index (χ4n) is 4.31. The fraction of sp³-hybridized carbons (Fsp3) is 0.200. The van der Waals surface area contributed by atoms with Gasteiger partial charge in [-0.2, -0.15) is 5.26 Å². The fourth-order valence-corrected chi connectivity index (χ4v) is 4.31. The van der Waals surface area contributed by atoms with Gasteiger partial charge in [-0.15, -0.1) is 0 Å². The number of amides is 1. The first-order valence-electron chi connectivity index (χ1n) is 9.98. The van der Waals surface area contributed by atoms with Crippen LogP contribution in [0.15, 0.2) is 72.8 Å². The van der Waals surface area contributed by atoms with Crippen molar-refractivity contribution < 1.29 is 18.7 Å². The van der Waals surface area contributed by atoms with Gasteiger partial charge in [-0.1, -0.05) is 24.3 Å². The molecule has 0 saturated carbocycles. The number of halogens is 2. The molecule has 1 aliphatic rings. The lowest BCUT2D eigenvalue weighted by atomic mass is 9.70. The van der Waals surface area contributed by atoms with Crippen LogP contribution >= 0.6 is 0 Å². The molecule has 3 unspecified atom stereocenters. The second kappa shape index (κ2) is 8.66. The largest absolute Gasteiger partial charge is 0.396 e. The third kappa shape index (κ3) is 3.92. The van der Waals surface area contributed by atoms with Gasteiger partial charge < -0.3 is 10.0 Å². The zero-order valence-corrected chi connectivity index (χ0v) is 16.6. The zero-order valence-electron chi connectivity index (χ0n) is 16.6. The summed E-state index contributed by atoms with van der Waals surface area (Å²) in [5.41, 5.74) is 2.65. The predicted molar refractivity (Wildman–Crippen MR) is 112 cm³/mol. The summed E-state index contributed by atoms with van der Waals surface area (Å²) in [6, 6.07) is 20.3. The maximum absolute atomic E-state index is 13.6. The van der Waals surface area contributed by atoms with Gasteiger partial charge in [-0.05, 0) is 66.1 Å². The molecule has 0 spiro atoms. The van der Waals surface area contributed by atoms with Crippen LogP contribution in [0.4, 0.5) is 14.5 Å². The number of β-lactam (4-membered cyclic amide) rings is 1. The Balaban J connectivity index is 1.76. The number of aliphatic hydroxyl groups excluding tert-OH is 1. The summed E-state index contributed by atoms with van der Waals surface area (Å²) in [6.07, 6.45) is 0.334. The van der Waals surface area contributed by atoms with Crippen LogP contribution < -0.4 is 4.90 Å². The van der Waals surface area contributed by atoms with Gasteiger partial charge in [0.05, 0.1) is 23.6 Å². The van der Waals surface area contributed by atoms with E-state index in [2.05, 4.69) is 6.07 Å². The summed E-state index contributed by atoms with van der Waals surface area (Å²) in [5, 5.41) is 18.7. The van der Waals surface area contributed by atoms with E-state index in [4.69, 9.17) is 5.26 Å². The standard InChI is InChI=1S/C25H20F2N2O2/c26-19-7-3-17(4-8-19)22(13-14-30)23-24(18-5-9-20(27)10-6-18)29(25(23)31)21-11-1-16(15-28)2-12-21/h1-12,22-24,30H,13-14H2. The Labute approximate surface area is 179 Å². The molecule has 0 bridgehead atoms. The van der Waals surface area contributed by atoms with Crippen molar-refractivity contribution >= 4 is 11.6 Å². The number of hydrogen-bond acceptors (Lipinski definition) is 3. The number of aliphatic hydroxyl groups is 1. The summed E-state index contributed by atoms with van der Waals surface area (Å²) in [5.74, 6) is -1.72. The van der Waals surface area contributed by atoms with E-state index in [1.54, 1.807) is 53.4 Å². The van der Waals surface area contributed by atoms with Crippen molar-refractivity contribution in [2.45, 2.75) is 18.4 Å². The Morgan fingerprint density at radius 2 is 1.52 bits per heavy atom. The molecule has 31 heavy (non-hydrogen) atoms. The maximum atomic E-state index is 13.6. The number of rotatable bonds is 6. The van der Waals surface area contributed by atoms with Gasteiger partial charge in [0.1, 0.15) is 11.6 Å².